The normalized spacial score (nSPS) is 11.3. The third-order valence-electron chi connectivity index (χ3n) is 3.72. The van der Waals surface area contributed by atoms with Gasteiger partial charge in [-0.1, -0.05) is 65.3 Å². The second-order valence-corrected chi connectivity index (χ2v) is 7.60. The first-order valence-electron chi connectivity index (χ1n) is 8.38. The molecule has 0 unspecified atom stereocenters. The molecule has 3 rings (SSSR count). The number of rotatable bonds is 7. The number of carbonyl (C=O) groups excluding carboxylic acids is 1. The van der Waals surface area contributed by atoms with Gasteiger partial charge in [-0.3, -0.25) is 4.79 Å². The maximum atomic E-state index is 12.2. The van der Waals surface area contributed by atoms with Crippen molar-refractivity contribution in [3.8, 4) is 0 Å². The van der Waals surface area contributed by atoms with Gasteiger partial charge in [-0.05, 0) is 30.7 Å². The smallest absolute Gasteiger partial charge is 0.264 e. The minimum absolute atomic E-state index is 0.0700. The number of benzene rings is 2. The van der Waals surface area contributed by atoms with Gasteiger partial charge in [-0.15, -0.1) is 10.2 Å². The first-order chi connectivity index (χ1) is 13.9. The van der Waals surface area contributed by atoms with Gasteiger partial charge in [0.15, 0.2) is 0 Å². The Balaban J connectivity index is 1.57. The minimum Gasteiger partial charge on any atom is -0.334 e. The molecule has 0 aliphatic carbocycles. The lowest BCUT2D eigenvalue weighted by molar-refractivity contribution is -0.113. The molecule has 0 saturated heterocycles. The van der Waals surface area contributed by atoms with Gasteiger partial charge in [0.1, 0.15) is 0 Å². The molecule has 3 aromatic rings. The Kier molecular flexibility index (Phi) is 6.97. The standard InChI is InChI=1S/C18H17Cl2N7OS/c1-11(12-5-3-2-4-6-12)23-24-17-25-26-18(27(17)21)29-10-16(28)22-15-8-7-13(19)9-14(15)20/h2-9H,10,21H2,1H3,(H,22,28)(H,24,25)/b23-11+. The van der Waals surface area contributed by atoms with Gasteiger partial charge in [0.2, 0.25) is 11.1 Å². The number of hydrogen-bond acceptors (Lipinski definition) is 7. The molecule has 150 valence electrons. The highest BCUT2D eigenvalue weighted by atomic mass is 35.5. The summed E-state index contributed by atoms with van der Waals surface area (Å²) in [6.45, 7) is 1.86. The van der Waals surface area contributed by atoms with Crippen molar-refractivity contribution < 1.29 is 4.79 Å². The van der Waals surface area contributed by atoms with Crippen LogP contribution in [0.15, 0.2) is 58.8 Å². The van der Waals surface area contributed by atoms with E-state index in [0.717, 1.165) is 23.0 Å². The van der Waals surface area contributed by atoms with Gasteiger partial charge in [0.05, 0.1) is 22.2 Å². The number of halogens is 2. The molecule has 2 aromatic carbocycles. The topological polar surface area (TPSA) is 110 Å². The highest BCUT2D eigenvalue weighted by molar-refractivity contribution is 7.99. The van der Waals surface area contributed by atoms with Gasteiger partial charge in [-0.2, -0.15) is 5.10 Å². The molecule has 1 amide bonds. The summed E-state index contributed by atoms with van der Waals surface area (Å²) in [4.78, 5) is 12.2. The second-order valence-electron chi connectivity index (χ2n) is 5.81. The van der Waals surface area contributed by atoms with E-state index < -0.39 is 0 Å². The lowest BCUT2D eigenvalue weighted by Gasteiger charge is -2.07. The molecule has 0 fully saturated rings. The maximum absolute atomic E-state index is 12.2. The summed E-state index contributed by atoms with van der Waals surface area (Å²) in [7, 11) is 0. The van der Waals surface area contributed by atoms with E-state index in [9.17, 15) is 4.79 Å². The third kappa shape index (κ3) is 5.63. The zero-order valence-electron chi connectivity index (χ0n) is 15.3. The molecule has 29 heavy (non-hydrogen) atoms. The number of aromatic nitrogens is 3. The Hall–Kier alpha value is -2.75. The third-order valence-corrected chi connectivity index (χ3v) is 5.21. The summed E-state index contributed by atoms with van der Waals surface area (Å²) in [6, 6.07) is 14.5. The van der Waals surface area contributed by atoms with E-state index in [0.29, 0.717) is 20.9 Å². The average Bonchev–Trinajstić information content (AvgIpc) is 3.07. The number of amides is 1. The summed E-state index contributed by atoms with van der Waals surface area (Å²) >= 11 is 13.0. The number of hydrogen-bond donors (Lipinski definition) is 3. The zero-order chi connectivity index (χ0) is 20.8. The van der Waals surface area contributed by atoms with Crippen molar-refractivity contribution in [1.29, 1.82) is 0 Å². The Morgan fingerprint density at radius 3 is 2.69 bits per heavy atom. The van der Waals surface area contributed by atoms with Crippen molar-refractivity contribution in [2.75, 3.05) is 22.3 Å². The highest BCUT2D eigenvalue weighted by Crippen LogP contribution is 2.26. The first-order valence-corrected chi connectivity index (χ1v) is 10.1. The Labute approximate surface area is 181 Å². The Morgan fingerprint density at radius 1 is 1.21 bits per heavy atom. The summed E-state index contributed by atoms with van der Waals surface area (Å²) < 4.78 is 1.23. The summed E-state index contributed by atoms with van der Waals surface area (Å²) in [6.07, 6.45) is 0. The average molecular weight is 450 g/mol. The van der Waals surface area contributed by atoms with Crippen LogP contribution in [0.5, 0.6) is 0 Å². The van der Waals surface area contributed by atoms with Crippen LogP contribution in [0.2, 0.25) is 10.0 Å². The molecular weight excluding hydrogens is 433 g/mol. The number of anilines is 2. The number of carbonyl (C=O) groups is 1. The molecule has 0 atom stereocenters. The predicted octanol–water partition coefficient (Wildman–Crippen LogP) is 3.87. The molecule has 4 N–H and O–H groups in total. The number of nitrogens with zero attached hydrogens (tertiary/aromatic N) is 4. The van der Waals surface area contributed by atoms with E-state index in [4.69, 9.17) is 29.0 Å². The molecule has 0 aliphatic heterocycles. The largest absolute Gasteiger partial charge is 0.334 e. The predicted molar refractivity (Wildman–Crippen MR) is 118 cm³/mol. The monoisotopic (exact) mass is 449 g/mol. The van der Waals surface area contributed by atoms with Crippen LogP contribution in [-0.2, 0) is 4.79 Å². The number of thioether (sulfide) groups is 1. The molecule has 11 heteroatoms. The molecule has 0 saturated carbocycles. The Morgan fingerprint density at radius 2 is 1.97 bits per heavy atom. The Bertz CT molecular complexity index is 1040. The van der Waals surface area contributed by atoms with Crippen LogP contribution in [0.3, 0.4) is 0 Å². The first kappa shape index (κ1) is 21.0. The second kappa shape index (κ2) is 9.64. The molecule has 0 radical (unpaired) electrons. The molecule has 0 aliphatic rings. The van der Waals surface area contributed by atoms with Crippen molar-refractivity contribution in [2.45, 2.75) is 12.1 Å². The number of nitrogens with two attached hydrogens (primary N) is 1. The van der Waals surface area contributed by atoms with Crippen LogP contribution in [0.25, 0.3) is 0 Å². The van der Waals surface area contributed by atoms with Crippen molar-refractivity contribution in [2.24, 2.45) is 5.10 Å². The van der Waals surface area contributed by atoms with E-state index in [-0.39, 0.29) is 17.6 Å². The van der Waals surface area contributed by atoms with Crippen LogP contribution in [-0.4, -0.2) is 32.2 Å². The van der Waals surface area contributed by atoms with Gasteiger partial charge in [-0.25, -0.2) is 10.1 Å². The van der Waals surface area contributed by atoms with Gasteiger partial charge >= 0.3 is 0 Å². The molecular formula is C18H17Cl2N7OS. The fourth-order valence-electron chi connectivity index (χ4n) is 2.24. The van der Waals surface area contributed by atoms with Crippen molar-refractivity contribution >= 4 is 58.2 Å². The summed E-state index contributed by atoms with van der Waals surface area (Å²) in [5, 5.41) is 16.1. The lowest BCUT2D eigenvalue weighted by atomic mass is 10.1. The molecule has 1 aromatic heterocycles. The fourth-order valence-corrected chi connectivity index (χ4v) is 3.35. The van der Waals surface area contributed by atoms with E-state index in [1.165, 1.54) is 4.68 Å². The van der Waals surface area contributed by atoms with E-state index >= 15 is 0 Å². The van der Waals surface area contributed by atoms with E-state index in [1.807, 2.05) is 37.3 Å². The SMILES string of the molecule is C/C(=N\Nc1nnc(SCC(=O)Nc2ccc(Cl)cc2Cl)n1N)c1ccccc1. The summed E-state index contributed by atoms with van der Waals surface area (Å²) in [5.74, 6) is 6.03. The number of nitrogens with one attached hydrogen (secondary N) is 2. The van der Waals surface area contributed by atoms with Crippen LogP contribution < -0.4 is 16.6 Å². The van der Waals surface area contributed by atoms with Crippen LogP contribution in [0, 0.1) is 0 Å². The quantitative estimate of drug-likeness (QED) is 0.218. The number of nitrogen functional groups attached to an aromatic ring is 1. The fraction of sp³-hybridized carbons (Fsp3) is 0.111. The molecule has 8 nitrogen and oxygen atoms in total. The van der Waals surface area contributed by atoms with E-state index in [2.05, 4.69) is 26.0 Å². The van der Waals surface area contributed by atoms with Gasteiger partial charge < -0.3 is 11.2 Å². The van der Waals surface area contributed by atoms with Gasteiger partial charge in [0.25, 0.3) is 5.95 Å². The summed E-state index contributed by atoms with van der Waals surface area (Å²) in [5.41, 5.74) is 4.99. The number of hydrazone groups is 1. The van der Waals surface area contributed by atoms with Crippen LogP contribution >= 0.6 is 35.0 Å². The maximum Gasteiger partial charge on any atom is 0.264 e. The highest BCUT2D eigenvalue weighted by Gasteiger charge is 2.13. The van der Waals surface area contributed by atoms with Crippen molar-refractivity contribution in [3.05, 3.63) is 64.1 Å². The molecule has 1 heterocycles. The van der Waals surface area contributed by atoms with Crippen molar-refractivity contribution in [3.63, 3.8) is 0 Å². The zero-order valence-corrected chi connectivity index (χ0v) is 17.6. The minimum atomic E-state index is -0.269. The van der Waals surface area contributed by atoms with Gasteiger partial charge in [0, 0.05) is 5.02 Å². The molecule has 0 bridgehead atoms. The van der Waals surface area contributed by atoms with E-state index in [1.54, 1.807) is 18.2 Å². The molecule has 0 spiro atoms. The lowest BCUT2D eigenvalue weighted by Crippen LogP contribution is -2.17. The van der Waals surface area contributed by atoms with Crippen LogP contribution in [0.1, 0.15) is 12.5 Å². The van der Waals surface area contributed by atoms with Crippen molar-refractivity contribution in [1.82, 2.24) is 14.9 Å². The van der Waals surface area contributed by atoms with Crippen LogP contribution in [0.4, 0.5) is 11.6 Å².